The maximum Gasteiger partial charge on any atom is 0.322 e. The fourth-order valence-corrected chi connectivity index (χ4v) is 4.65. The Bertz CT molecular complexity index is 918. The molecule has 0 spiro atoms. The summed E-state index contributed by atoms with van der Waals surface area (Å²) in [6.07, 6.45) is 7.95. The van der Waals surface area contributed by atoms with Crippen LogP contribution in [0.5, 0.6) is 5.88 Å². The van der Waals surface area contributed by atoms with E-state index in [0.29, 0.717) is 12.4 Å². The Balaban J connectivity index is 1.08. The van der Waals surface area contributed by atoms with E-state index < -0.39 is 0 Å². The first-order valence-corrected chi connectivity index (χ1v) is 11.6. The van der Waals surface area contributed by atoms with Gasteiger partial charge in [-0.15, -0.1) is 0 Å². The highest BCUT2D eigenvalue weighted by Crippen LogP contribution is 2.31. The van der Waals surface area contributed by atoms with Crippen molar-refractivity contribution >= 4 is 11.7 Å². The lowest BCUT2D eigenvalue weighted by Gasteiger charge is -2.31. The number of hydrogen-bond donors (Lipinski definition) is 1. The molecule has 1 aromatic carbocycles. The molecule has 2 aromatic rings. The molecule has 2 fully saturated rings. The molecule has 2 aliphatic heterocycles. The van der Waals surface area contributed by atoms with Gasteiger partial charge in [0.2, 0.25) is 5.88 Å². The molecule has 0 unspecified atom stereocenters. The predicted molar refractivity (Wildman–Crippen MR) is 122 cm³/mol. The van der Waals surface area contributed by atoms with Crippen molar-refractivity contribution in [1.29, 1.82) is 0 Å². The number of fused-ring (bicyclic) bond motifs is 1. The number of carbonyl (C=O) groups excluding carboxylic acids is 1. The summed E-state index contributed by atoms with van der Waals surface area (Å²) in [6, 6.07) is 10.1. The van der Waals surface area contributed by atoms with Gasteiger partial charge in [-0.3, -0.25) is 4.90 Å². The highest BCUT2D eigenvalue weighted by molar-refractivity contribution is 5.94. The van der Waals surface area contributed by atoms with Crippen LogP contribution in [0.25, 0.3) is 0 Å². The Hall–Kier alpha value is -2.60. The molecule has 0 bridgehead atoms. The van der Waals surface area contributed by atoms with E-state index in [1.807, 2.05) is 23.1 Å². The number of anilines is 1. The zero-order valence-electron chi connectivity index (χ0n) is 18.3. The van der Waals surface area contributed by atoms with Gasteiger partial charge in [0.25, 0.3) is 0 Å². The second-order valence-electron chi connectivity index (χ2n) is 9.26. The van der Waals surface area contributed by atoms with Crippen molar-refractivity contribution < 1.29 is 9.53 Å². The molecule has 1 aliphatic carbocycles. The van der Waals surface area contributed by atoms with Gasteiger partial charge in [-0.25, -0.2) is 9.78 Å². The molecule has 0 atom stereocenters. The molecule has 0 radical (unpaired) electrons. The Labute approximate surface area is 184 Å². The van der Waals surface area contributed by atoms with Crippen LogP contribution < -0.4 is 15.0 Å². The number of rotatable bonds is 6. The van der Waals surface area contributed by atoms with Gasteiger partial charge in [-0.2, -0.15) is 0 Å². The molecular formula is C25H32N4O2. The predicted octanol–water partition coefficient (Wildman–Crippen LogP) is 3.92. The van der Waals surface area contributed by atoms with E-state index >= 15 is 0 Å². The minimum absolute atomic E-state index is 0.0547. The standard InChI is InChI=1S/C25H32N4O2/c1-18-2-6-23-21(14-18)8-13-29(23)25(30)27-16-20-5-7-24(26-15-20)31-22-9-11-28(12-10-22)17-19-3-4-19/h2,5-7,14-15,19,22H,3-4,8-13,16-17H2,1H3,(H,27,30). The van der Waals surface area contributed by atoms with E-state index in [2.05, 4.69) is 34.3 Å². The Morgan fingerprint density at radius 3 is 2.71 bits per heavy atom. The number of benzene rings is 1. The lowest BCUT2D eigenvalue weighted by molar-refractivity contribution is 0.0944. The molecular weight excluding hydrogens is 388 g/mol. The van der Waals surface area contributed by atoms with Crippen LogP contribution >= 0.6 is 0 Å². The number of ether oxygens (including phenoxy) is 1. The minimum atomic E-state index is -0.0547. The van der Waals surface area contributed by atoms with Crippen molar-refractivity contribution in [2.45, 2.75) is 51.7 Å². The topological polar surface area (TPSA) is 57.7 Å². The second kappa shape index (κ2) is 8.87. The number of nitrogens with one attached hydrogen (secondary N) is 1. The van der Waals surface area contributed by atoms with Crippen LogP contribution in [0, 0.1) is 12.8 Å². The summed E-state index contributed by atoms with van der Waals surface area (Å²) in [6.45, 7) is 6.81. The molecule has 6 nitrogen and oxygen atoms in total. The van der Waals surface area contributed by atoms with Crippen LogP contribution in [0.1, 0.15) is 42.4 Å². The third-order valence-electron chi connectivity index (χ3n) is 6.65. The number of amides is 2. The number of nitrogens with zero attached hydrogens (tertiary/aromatic N) is 3. The summed E-state index contributed by atoms with van der Waals surface area (Å²) in [5.74, 6) is 1.64. The second-order valence-corrected chi connectivity index (χ2v) is 9.26. The molecule has 1 N–H and O–H groups in total. The van der Waals surface area contributed by atoms with E-state index in [1.165, 1.54) is 30.5 Å². The molecule has 164 valence electrons. The lowest BCUT2D eigenvalue weighted by atomic mass is 10.1. The first kappa shape index (κ1) is 20.3. The zero-order chi connectivity index (χ0) is 21.2. The van der Waals surface area contributed by atoms with E-state index in [-0.39, 0.29) is 12.1 Å². The van der Waals surface area contributed by atoms with Crippen LogP contribution in [0.4, 0.5) is 10.5 Å². The zero-order valence-corrected chi connectivity index (χ0v) is 18.3. The van der Waals surface area contributed by atoms with E-state index in [0.717, 1.165) is 56.1 Å². The van der Waals surface area contributed by atoms with E-state index in [9.17, 15) is 4.79 Å². The average molecular weight is 421 g/mol. The molecule has 6 heteroatoms. The van der Waals surface area contributed by atoms with Crippen LogP contribution in [-0.4, -0.2) is 48.2 Å². The summed E-state index contributed by atoms with van der Waals surface area (Å²) < 4.78 is 6.10. The number of carbonyl (C=O) groups is 1. The molecule has 3 aliphatic rings. The van der Waals surface area contributed by atoms with Crippen molar-refractivity contribution in [3.63, 3.8) is 0 Å². The third-order valence-corrected chi connectivity index (χ3v) is 6.65. The van der Waals surface area contributed by atoms with Gasteiger partial charge < -0.3 is 15.0 Å². The van der Waals surface area contributed by atoms with E-state index in [1.54, 1.807) is 6.20 Å². The summed E-state index contributed by atoms with van der Waals surface area (Å²) >= 11 is 0. The number of aromatic nitrogens is 1. The Kier molecular flexibility index (Phi) is 5.81. The summed E-state index contributed by atoms with van der Waals surface area (Å²) in [5.41, 5.74) is 4.48. The molecule has 1 saturated carbocycles. The number of pyridine rings is 1. The van der Waals surface area contributed by atoms with Crippen LogP contribution in [0.2, 0.25) is 0 Å². The highest BCUT2D eigenvalue weighted by Gasteiger charge is 2.28. The van der Waals surface area contributed by atoms with Crippen LogP contribution in [-0.2, 0) is 13.0 Å². The monoisotopic (exact) mass is 420 g/mol. The van der Waals surface area contributed by atoms with E-state index in [4.69, 9.17) is 4.74 Å². The molecule has 2 amide bonds. The fourth-order valence-electron chi connectivity index (χ4n) is 4.65. The van der Waals surface area contributed by atoms with Crippen LogP contribution in [0.15, 0.2) is 36.5 Å². The van der Waals surface area contributed by atoms with Crippen molar-refractivity contribution in [2.24, 2.45) is 5.92 Å². The largest absolute Gasteiger partial charge is 0.474 e. The van der Waals surface area contributed by atoms with Gasteiger partial charge in [-0.1, -0.05) is 23.8 Å². The first-order valence-electron chi connectivity index (χ1n) is 11.6. The number of likely N-dealkylation sites (tertiary alicyclic amines) is 1. The fraction of sp³-hybridized carbons (Fsp3) is 0.520. The number of piperidine rings is 1. The van der Waals surface area contributed by atoms with Crippen molar-refractivity contribution in [1.82, 2.24) is 15.2 Å². The normalized spacial score (nSPS) is 19.3. The van der Waals surface area contributed by atoms with Gasteiger partial charge >= 0.3 is 6.03 Å². The highest BCUT2D eigenvalue weighted by atomic mass is 16.5. The summed E-state index contributed by atoms with van der Waals surface area (Å²) in [4.78, 5) is 21.5. The SMILES string of the molecule is Cc1ccc2c(c1)CCN2C(=O)NCc1ccc(OC2CCN(CC3CC3)CC2)nc1. The molecule has 31 heavy (non-hydrogen) atoms. The van der Waals surface area contributed by atoms with Gasteiger partial charge in [0.05, 0.1) is 0 Å². The number of hydrogen-bond acceptors (Lipinski definition) is 4. The van der Waals surface area contributed by atoms with Gasteiger partial charge in [0.15, 0.2) is 0 Å². The third kappa shape index (κ3) is 5.01. The van der Waals surface area contributed by atoms with Crippen molar-refractivity contribution in [3.05, 3.63) is 53.2 Å². The maximum atomic E-state index is 12.7. The van der Waals surface area contributed by atoms with Crippen molar-refractivity contribution in [2.75, 3.05) is 31.1 Å². The van der Waals surface area contributed by atoms with Gasteiger partial charge in [-0.05, 0) is 62.1 Å². The lowest BCUT2D eigenvalue weighted by Crippen LogP contribution is -2.39. The van der Waals surface area contributed by atoms with Crippen LogP contribution in [0.3, 0.4) is 0 Å². The first-order chi connectivity index (χ1) is 15.1. The maximum absolute atomic E-state index is 12.7. The quantitative estimate of drug-likeness (QED) is 0.770. The molecule has 5 rings (SSSR count). The van der Waals surface area contributed by atoms with Gasteiger partial charge in [0.1, 0.15) is 6.10 Å². The minimum Gasteiger partial charge on any atom is -0.474 e. The number of aryl methyl sites for hydroxylation is 1. The summed E-state index contributed by atoms with van der Waals surface area (Å²) in [5, 5.41) is 3.02. The Morgan fingerprint density at radius 1 is 1.13 bits per heavy atom. The number of urea groups is 1. The molecule has 1 saturated heterocycles. The average Bonchev–Trinajstić information content (AvgIpc) is 3.50. The van der Waals surface area contributed by atoms with Gasteiger partial charge in [0, 0.05) is 50.7 Å². The Morgan fingerprint density at radius 2 is 1.97 bits per heavy atom. The molecule has 1 aromatic heterocycles. The summed E-state index contributed by atoms with van der Waals surface area (Å²) in [7, 11) is 0. The molecule has 3 heterocycles. The van der Waals surface area contributed by atoms with Crippen molar-refractivity contribution in [3.8, 4) is 5.88 Å². The smallest absolute Gasteiger partial charge is 0.322 e.